The summed E-state index contributed by atoms with van der Waals surface area (Å²) in [6, 6.07) is 0.135. The van der Waals surface area contributed by atoms with Crippen LogP contribution in [0.1, 0.15) is 13.8 Å². The SMILES string of the molecule is CC1=NC(C)=C(C#N)C(=O)C1[N+](=O)[O-]. The Morgan fingerprint density at radius 2 is 2.14 bits per heavy atom. The average Bonchev–Trinajstić information content (AvgIpc) is 2.02. The molecule has 1 aliphatic rings. The van der Waals surface area contributed by atoms with E-state index < -0.39 is 16.7 Å². The van der Waals surface area contributed by atoms with Gasteiger partial charge < -0.3 is 0 Å². The maximum absolute atomic E-state index is 11.4. The molecule has 1 rings (SSSR count). The Hall–Kier alpha value is -2.03. The van der Waals surface area contributed by atoms with Crippen molar-refractivity contribution in [3.63, 3.8) is 0 Å². The molecular formula is C8H7N3O3. The van der Waals surface area contributed by atoms with E-state index in [9.17, 15) is 14.9 Å². The highest BCUT2D eigenvalue weighted by atomic mass is 16.6. The van der Waals surface area contributed by atoms with Crippen molar-refractivity contribution in [3.05, 3.63) is 21.4 Å². The molecule has 1 aliphatic heterocycles. The highest BCUT2D eigenvalue weighted by molar-refractivity contribution is 6.17. The van der Waals surface area contributed by atoms with E-state index in [0.717, 1.165) is 0 Å². The quantitative estimate of drug-likeness (QED) is 0.446. The Morgan fingerprint density at radius 3 is 2.57 bits per heavy atom. The van der Waals surface area contributed by atoms with Crippen LogP contribution in [0.25, 0.3) is 0 Å². The van der Waals surface area contributed by atoms with Crippen molar-refractivity contribution in [3.8, 4) is 6.07 Å². The van der Waals surface area contributed by atoms with E-state index in [4.69, 9.17) is 5.26 Å². The van der Waals surface area contributed by atoms with Crippen molar-refractivity contribution < 1.29 is 9.72 Å². The summed E-state index contributed by atoms with van der Waals surface area (Å²) in [4.78, 5) is 25.0. The molecule has 1 unspecified atom stereocenters. The van der Waals surface area contributed by atoms with E-state index >= 15 is 0 Å². The number of ketones is 1. The smallest absolute Gasteiger partial charge is 0.285 e. The first-order valence-electron chi connectivity index (χ1n) is 3.83. The van der Waals surface area contributed by atoms with Gasteiger partial charge in [-0.15, -0.1) is 0 Å². The van der Waals surface area contributed by atoms with Crippen LogP contribution >= 0.6 is 0 Å². The fourth-order valence-corrected chi connectivity index (χ4v) is 1.27. The molecule has 0 N–H and O–H groups in total. The number of aliphatic imine (C=N–C) groups is 1. The van der Waals surface area contributed by atoms with Crippen LogP contribution in [-0.4, -0.2) is 22.5 Å². The van der Waals surface area contributed by atoms with Gasteiger partial charge in [0.25, 0.3) is 5.78 Å². The van der Waals surface area contributed by atoms with Crippen LogP contribution < -0.4 is 0 Å². The Labute approximate surface area is 79.7 Å². The number of carbonyl (C=O) groups is 1. The molecule has 0 aromatic rings. The van der Waals surface area contributed by atoms with E-state index in [1.807, 2.05) is 0 Å². The van der Waals surface area contributed by atoms with Crippen molar-refractivity contribution >= 4 is 11.5 Å². The lowest BCUT2D eigenvalue weighted by molar-refractivity contribution is -0.488. The number of hydrogen-bond donors (Lipinski definition) is 0. The topological polar surface area (TPSA) is 96.4 Å². The summed E-state index contributed by atoms with van der Waals surface area (Å²) >= 11 is 0. The van der Waals surface area contributed by atoms with Gasteiger partial charge in [0.2, 0.25) is 0 Å². The predicted octanol–water partition coefficient (Wildman–Crippen LogP) is 0.473. The molecule has 0 aliphatic carbocycles. The van der Waals surface area contributed by atoms with Gasteiger partial charge in [0, 0.05) is 4.92 Å². The zero-order valence-electron chi connectivity index (χ0n) is 7.64. The number of Topliss-reactive ketones (excluding diaryl/α,β-unsaturated/α-hetero) is 1. The summed E-state index contributed by atoms with van der Waals surface area (Å²) in [5.41, 5.74) is 0.141. The van der Waals surface area contributed by atoms with E-state index in [1.165, 1.54) is 13.8 Å². The number of nitrogens with zero attached hydrogens (tertiary/aromatic N) is 3. The van der Waals surface area contributed by atoms with Crippen molar-refractivity contribution in [1.82, 2.24) is 0 Å². The first-order valence-corrected chi connectivity index (χ1v) is 3.83. The molecule has 14 heavy (non-hydrogen) atoms. The van der Waals surface area contributed by atoms with Gasteiger partial charge in [-0.3, -0.25) is 19.9 Å². The largest absolute Gasteiger partial charge is 0.313 e. The maximum atomic E-state index is 11.4. The molecule has 72 valence electrons. The van der Waals surface area contributed by atoms with Gasteiger partial charge in [0.1, 0.15) is 11.6 Å². The van der Waals surface area contributed by atoms with Crippen LogP contribution in [0.4, 0.5) is 0 Å². The Bertz CT molecular complexity index is 414. The van der Waals surface area contributed by atoms with Gasteiger partial charge in [-0.05, 0) is 13.8 Å². The van der Waals surface area contributed by atoms with Crippen molar-refractivity contribution in [1.29, 1.82) is 5.26 Å². The zero-order valence-corrected chi connectivity index (χ0v) is 7.64. The second kappa shape index (κ2) is 3.38. The van der Waals surface area contributed by atoms with E-state index in [1.54, 1.807) is 6.07 Å². The van der Waals surface area contributed by atoms with Crippen molar-refractivity contribution in [2.24, 2.45) is 4.99 Å². The third-order valence-corrected chi connectivity index (χ3v) is 1.92. The number of carbonyl (C=O) groups excluding carboxylic acids is 1. The summed E-state index contributed by atoms with van der Waals surface area (Å²) in [6.07, 6.45) is 0. The van der Waals surface area contributed by atoms with Crippen LogP contribution in [0.2, 0.25) is 0 Å². The number of nitriles is 1. The molecule has 6 heteroatoms. The second-order valence-corrected chi connectivity index (χ2v) is 2.88. The lowest BCUT2D eigenvalue weighted by atomic mass is 9.98. The number of allylic oxidation sites excluding steroid dienone is 1. The number of nitro groups is 1. The first kappa shape index (κ1) is 10.1. The third-order valence-electron chi connectivity index (χ3n) is 1.92. The lowest BCUT2D eigenvalue weighted by Gasteiger charge is -2.13. The fraction of sp³-hybridized carbons (Fsp3) is 0.375. The highest BCUT2D eigenvalue weighted by Crippen LogP contribution is 2.17. The van der Waals surface area contributed by atoms with Crippen LogP contribution in [0.5, 0.6) is 0 Å². The van der Waals surface area contributed by atoms with Crippen LogP contribution in [-0.2, 0) is 4.79 Å². The molecule has 6 nitrogen and oxygen atoms in total. The summed E-state index contributed by atoms with van der Waals surface area (Å²) < 4.78 is 0. The molecule has 0 amide bonds. The molecule has 0 fully saturated rings. The van der Waals surface area contributed by atoms with E-state index in [2.05, 4.69) is 4.99 Å². The van der Waals surface area contributed by atoms with Crippen LogP contribution in [0.3, 0.4) is 0 Å². The number of rotatable bonds is 1. The Morgan fingerprint density at radius 1 is 1.57 bits per heavy atom. The summed E-state index contributed by atoms with van der Waals surface area (Å²) in [5, 5.41) is 19.1. The average molecular weight is 193 g/mol. The molecular weight excluding hydrogens is 186 g/mol. The molecule has 0 saturated carbocycles. The molecule has 0 bridgehead atoms. The maximum Gasteiger partial charge on any atom is 0.313 e. The van der Waals surface area contributed by atoms with Crippen LogP contribution in [0, 0.1) is 21.4 Å². The minimum atomic E-state index is -1.49. The molecule has 0 aromatic heterocycles. The van der Waals surface area contributed by atoms with Gasteiger partial charge in [-0.25, -0.2) is 0 Å². The monoisotopic (exact) mass is 193 g/mol. The summed E-state index contributed by atoms with van der Waals surface area (Å²) in [6.45, 7) is 2.89. The first-order chi connectivity index (χ1) is 6.49. The highest BCUT2D eigenvalue weighted by Gasteiger charge is 2.39. The van der Waals surface area contributed by atoms with Crippen molar-refractivity contribution in [2.45, 2.75) is 19.9 Å². The van der Waals surface area contributed by atoms with Gasteiger partial charge in [-0.2, -0.15) is 5.26 Å². The molecule has 0 aromatic carbocycles. The Kier molecular flexibility index (Phi) is 2.42. The number of hydrogen-bond acceptors (Lipinski definition) is 5. The minimum Gasteiger partial charge on any atom is -0.285 e. The zero-order chi connectivity index (χ0) is 10.9. The summed E-state index contributed by atoms with van der Waals surface area (Å²) in [5.74, 6) is -0.775. The van der Waals surface area contributed by atoms with E-state index in [-0.39, 0.29) is 17.0 Å². The van der Waals surface area contributed by atoms with Gasteiger partial charge in [0.15, 0.2) is 0 Å². The second-order valence-electron chi connectivity index (χ2n) is 2.88. The minimum absolute atomic E-state index is 0.122. The molecule has 0 saturated heterocycles. The standard InChI is InChI=1S/C8H7N3O3/c1-4-6(3-9)8(12)7(11(13)14)5(2)10-4/h7H,1-2H3. The normalized spacial score (nSPS) is 21.6. The van der Waals surface area contributed by atoms with Gasteiger partial charge >= 0.3 is 6.04 Å². The Balaban J connectivity index is 3.27. The van der Waals surface area contributed by atoms with Crippen LogP contribution in [0.15, 0.2) is 16.3 Å². The van der Waals surface area contributed by atoms with Crippen molar-refractivity contribution in [2.75, 3.05) is 0 Å². The fourth-order valence-electron chi connectivity index (χ4n) is 1.27. The summed E-state index contributed by atoms with van der Waals surface area (Å²) in [7, 11) is 0. The molecule has 1 heterocycles. The molecule has 1 atom stereocenters. The van der Waals surface area contributed by atoms with E-state index in [0.29, 0.717) is 0 Å². The van der Waals surface area contributed by atoms with Gasteiger partial charge in [0.05, 0.1) is 11.4 Å². The third kappa shape index (κ3) is 1.40. The lowest BCUT2D eigenvalue weighted by Crippen LogP contribution is -2.39. The molecule has 0 spiro atoms. The predicted molar refractivity (Wildman–Crippen MR) is 47.2 cm³/mol. The molecule has 0 radical (unpaired) electrons. The van der Waals surface area contributed by atoms with Gasteiger partial charge in [-0.1, -0.05) is 0 Å².